The molecule has 0 fully saturated rings. The third-order valence-corrected chi connectivity index (χ3v) is 4.01. The summed E-state index contributed by atoms with van der Waals surface area (Å²) in [6, 6.07) is 11.6. The lowest BCUT2D eigenvalue weighted by Gasteiger charge is -2.11. The van der Waals surface area contributed by atoms with Crippen molar-refractivity contribution in [1.29, 1.82) is 0 Å². The number of hydrogen-bond acceptors (Lipinski definition) is 4. The number of nitrogens with zero attached hydrogens (tertiary/aromatic N) is 1. The van der Waals surface area contributed by atoms with Gasteiger partial charge in [0.15, 0.2) is 0 Å². The molecule has 4 rings (SSSR count). The molecule has 1 aliphatic heterocycles. The molecule has 1 N–H and O–H groups in total. The summed E-state index contributed by atoms with van der Waals surface area (Å²) in [5, 5.41) is 9.63. The zero-order valence-corrected chi connectivity index (χ0v) is 12.7. The summed E-state index contributed by atoms with van der Waals surface area (Å²) in [5.74, 6) is 0.654. The largest absolute Gasteiger partial charge is 0.491 e. The number of hydrogen-bond donors (Lipinski definition) is 1. The van der Waals surface area contributed by atoms with E-state index < -0.39 is 18.9 Å². The Bertz CT molecular complexity index is 962. The van der Waals surface area contributed by atoms with Gasteiger partial charge < -0.3 is 14.4 Å². The number of rotatable bonds is 2. The van der Waals surface area contributed by atoms with Crippen molar-refractivity contribution >= 4 is 23.5 Å². The number of alkyl halides is 3. The zero-order chi connectivity index (χ0) is 17.6. The van der Waals surface area contributed by atoms with Crippen LogP contribution in [0, 0.1) is 0 Å². The Balaban J connectivity index is 1.67. The van der Waals surface area contributed by atoms with E-state index >= 15 is 0 Å². The summed E-state index contributed by atoms with van der Waals surface area (Å²) < 4.78 is 49.8. The van der Waals surface area contributed by atoms with Crippen LogP contribution >= 0.6 is 0 Å². The summed E-state index contributed by atoms with van der Waals surface area (Å²) in [4.78, 5) is 4.15. The normalized spacial score (nSPS) is 14.0. The molecule has 4 nitrogen and oxygen atoms in total. The Morgan fingerprint density at radius 1 is 1.12 bits per heavy atom. The molecule has 0 unspecified atom stereocenters. The van der Waals surface area contributed by atoms with E-state index in [1.165, 1.54) is 24.3 Å². The quantitative estimate of drug-likeness (QED) is 0.725. The Labute approximate surface area is 141 Å². The molecule has 25 heavy (non-hydrogen) atoms. The molecule has 0 atom stereocenters. The molecule has 3 aromatic rings. The minimum Gasteiger partial charge on any atom is -0.439 e. The van der Waals surface area contributed by atoms with E-state index in [1.54, 1.807) is 18.2 Å². The predicted octanol–water partition coefficient (Wildman–Crippen LogP) is 3.26. The fourth-order valence-corrected chi connectivity index (χ4v) is 2.83. The van der Waals surface area contributed by atoms with E-state index in [4.69, 9.17) is 9.39 Å². The van der Waals surface area contributed by atoms with Gasteiger partial charge in [-0.3, -0.25) is 0 Å². The maximum atomic E-state index is 13.0. The standard InChI is InChI=1S/C17H11BF3NO3/c19-17(20,21)13-2-1-3-15-12(13)5-7-16(22-15)25-11-4-6-14-10(8-11)9-24-18(14)23/h1-8,23H,9H2. The number of ether oxygens (including phenoxy) is 1. The first kappa shape index (κ1) is 15.9. The molecule has 0 spiro atoms. The minimum absolute atomic E-state index is 0.0211. The molecule has 0 aliphatic carbocycles. The molecule has 0 bridgehead atoms. The topological polar surface area (TPSA) is 51.6 Å². The van der Waals surface area contributed by atoms with Crippen LogP contribution in [-0.2, 0) is 17.4 Å². The van der Waals surface area contributed by atoms with Crippen LogP contribution in [-0.4, -0.2) is 17.1 Å². The van der Waals surface area contributed by atoms with Crippen LogP contribution in [0.1, 0.15) is 11.1 Å². The van der Waals surface area contributed by atoms with Crippen LogP contribution in [0.5, 0.6) is 11.6 Å². The fraction of sp³-hybridized carbons (Fsp3) is 0.118. The van der Waals surface area contributed by atoms with Gasteiger partial charge in [0.25, 0.3) is 0 Å². The molecular formula is C17H11BF3NO3. The van der Waals surface area contributed by atoms with Crippen molar-refractivity contribution in [2.45, 2.75) is 12.8 Å². The highest BCUT2D eigenvalue weighted by Crippen LogP contribution is 2.35. The van der Waals surface area contributed by atoms with Gasteiger partial charge in [0.2, 0.25) is 5.88 Å². The average Bonchev–Trinajstić information content (AvgIpc) is 2.94. The van der Waals surface area contributed by atoms with Gasteiger partial charge in [-0.25, -0.2) is 4.98 Å². The van der Waals surface area contributed by atoms with Crippen molar-refractivity contribution in [3.05, 3.63) is 59.7 Å². The lowest BCUT2D eigenvalue weighted by Crippen LogP contribution is -2.27. The Hall–Kier alpha value is -2.58. The van der Waals surface area contributed by atoms with Crippen molar-refractivity contribution in [1.82, 2.24) is 4.98 Å². The van der Waals surface area contributed by atoms with Crippen molar-refractivity contribution in [3.63, 3.8) is 0 Å². The van der Waals surface area contributed by atoms with Crippen molar-refractivity contribution in [2.24, 2.45) is 0 Å². The highest BCUT2D eigenvalue weighted by atomic mass is 19.4. The SMILES string of the molecule is OB1OCc2cc(Oc3ccc4c(C(F)(F)F)cccc4n3)ccc21. The van der Waals surface area contributed by atoms with Crippen molar-refractivity contribution in [2.75, 3.05) is 0 Å². The summed E-state index contributed by atoms with van der Waals surface area (Å²) >= 11 is 0. The number of halogens is 3. The molecule has 0 radical (unpaired) electrons. The number of aromatic nitrogens is 1. The van der Waals surface area contributed by atoms with E-state index in [2.05, 4.69) is 4.98 Å². The highest BCUT2D eigenvalue weighted by molar-refractivity contribution is 6.61. The lowest BCUT2D eigenvalue weighted by atomic mass is 9.80. The molecule has 0 saturated heterocycles. The maximum Gasteiger partial charge on any atom is 0.491 e. The number of fused-ring (bicyclic) bond motifs is 2. The molecule has 0 amide bonds. The van der Waals surface area contributed by atoms with E-state index in [0.717, 1.165) is 11.6 Å². The van der Waals surface area contributed by atoms with Crippen LogP contribution < -0.4 is 10.2 Å². The van der Waals surface area contributed by atoms with Gasteiger partial charge in [-0.05, 0) is 41.4 Å². The third kappa shape index (κ3) is 2.94. The second kappa shape index (κ2) is 5.75. The lowest BCUT2D eigenvalue weighted by molar-refractivity contribution is -0.136. The number of pyridine rings is 1. The van der Waals surface area contributed by atoms with E-state index in [1.807, 2.05) is 0 Å². The van der Waals surface area contributed by atoms with Crippen molar-refractivity contribution < 1.29 is 27.6 Å². The van der Waals surface area contributed by atoms with Gasteiger partial charge >= 0.3 is 13.3 Å². The van der Waals surface area contributed by atoms with Crippen LogP contribution in [0.4, 0.5) is 13.2 Å². The molecule has 2 heterocycles. The van der Waals surface area contributed by atoms with E-state index in [0.29, 0.717) is 11.2 Å². The molecule has 126 valence electrons. The fourth-order valence-electron chi connectivity index (χ4n) is 2.83. The van der Waals surface area contributed by atoms with Gasteiger partial charge in [0.1, 0.15) is 5.75 Å². The maximum absolute atomic E-state index is 13.0. The first-order valence-corrected chi connectivity index (χ1v) is 7.49. The van der Waals surface area contributed by atoms with Crippen LogP contribution in [0.15, 0.2) is 48.5 Å². The van der Waals surface area contributed by atoms with E-state index in [9.17, 15) is 18.2 Å². The number of benzene rings is 2. The molecule has 1 aromatic heterocycles. The first-order chi connectivity index (χ1) is 11.9. The molecule has 1 aliphatic rings. The summed E-state index contributed by atoms with van der Waals surface area (Å²) in [7, 11) is -0.941. The van der Waals surface area contributed by atoms with Gasteiger partial charge in [-0.15, -0.1) is 0 Å². The van der Waals surface area contributed by atoms with Gasteiger partial charge in [-0.1, -0.05) is 12.1 Å². The predicted molar refractivity (Wildman–Crippen MR) is 85.7 cm³/mol. The third-order valence-electron chi connectivity index (χ3n) is 4.01. The van der Waals surface area contributed by atoms with Crippen LogP contribution in [0.25, 0.3) is 10.9 Å². The average molecular weight is 345 g/mol. The highest BCUT2D eigenvalue weighted by Gasteiger charge is 2.32. The Morgan fingerprint density at radius 3 is 2.76 bits per heavy atom. The minimum atomic E-state index is -4.44. The van der Waals surface area contributed by atoms with E-state index in [-0.39, 0.29) is 23.4 Å². The summed E-state index contributed by atoms with van der Waals surface area (Å²) in [6.45, 7) is 0.272. The molecule has 8 heteroatoms. The summed E-state index contributed by atoms with van der Waals surface area (Å²) in [5.41, 5.74) is 0.943. The summed E-state index contributed by atoms with van der Waals surface area (Å²) in [6.07, 6.45) is -4.44. The van der Waals surface area contributed by atoms with Crippen LogP contribution in [0.3, 0.4) is 0 Å². The van der Waals surface area contributed by atoms with Gasteiger partial charge in [-0.2, -0.15) is 13.2 Å². The van der Waals surface area contributed by atoms with Crippen LogP contribution in [0.2, 0.25) is 0 Å². The van der Waals surface area contributed by atoms with Gasteiger partial charge in [0, 0.05) is 11.5 Å². The Kier molecular flexibility index (Phi) is 3.66. The molecular weight excluding hydrogens is 334 g/mol. The molecule has 2 aromatic carbocycles. The molecule has 0 saturated carbocycles. The van der Waals surface area contributed by atoms with Gasteiger partial charge in [0.05, 0.1) is 17.7 Å². The second-order valence-electron chi connectivity index (χ2n) is 5.65. The van der Waals surface area contributed by atoms with Crippen molar-refractivity contribution in [3.8, 4) is 11.6 Å². The Morgan fingerprint density at radius 2 is 1.96 bits per heavy atom. The second-order valence-corrected chi connectivity index (χ2v) is 5.65. The smallest absolute Gasteiger partial charge is 0.439 e. The monoisotopic (exact) mass is 345 g/mol. The first-order valence-electron chi connectivity index (χ1n) is 7.49. The zero-order valence-electron chi connectivity index (χ0n) is 12.7.